The minimum absolute atomic E-state index is 0.108. The van der Waals surface area contributed by atoms with Gasteiger partial charge in [0.05, 0.1) is 0 Å². The summed E-state index contributed by atoms with van der Waals surface area (Å²) >= 11 is 0. The van der Waals surface area contributed by atoms with E-state index in [1.807, 2.05) is 18.5 Å². The Hall–Kier alpha value is -0.633. The molecule has 0 unspecified atom stereocenters. The lowest BCUT2D eigenvalue weighted by Gasteiger charge is -2.01. The highest BCUT2D eigenvalue weighted by Crippen LogP contribution is 2.02. The highest BCUT2D eigenvalue weighted by atomic mass is 28.2. The third-order valence-corrected chi connectivity index (χ3v) is 3.75. The van der Waals surface area contributed by atoms with Gasteiger partial charge in [-0.3, -0.25) is 4.98 Å². The molecule has 0 aromatic carbocycles. The van der Waals surface area contributed by atoms with Gasteiger partial charge in [-0.15, -0.1) is 0 Å². The van der Waals surface area contributed by atoms with Crippen LogP contribution in [0.5, 0.6) is 0 Å². The molecule has 1 heterocycles. The predicted molar refractivity (Wildman–Crippen MR) is 51.6 cm³/mol. The molecule has 1 nitrogen and oxygen atoms in total. The quantitative estimate of drug-likeness (QED) is 0.620. The maximum absolute atomic E-state index is 4.08. The maximum Gasteiger partial charge on any atom is 0.0296 e. The second kappa shape index (κ2) is 4.29. The fourth-order valence-corrected chi connectivity index (χ4v) is 2.21. The molecule has 0 bridgehead atoms. The van der Waals surface area contributed by atoms with Crippen molar-refractivity contribution in [3.05, 3.63) is 30.1 Å². The lowest BCUT2D eigenvalue weighted by molar-refractivity contribution is 1.04. The van der Waals surface area contributed by atoms with Crippen LogP contribution in [-0.2, 0) is 6.04 Å². The summed E-state index contributed by atoms with van der Waals surface area (Å²) in [6.07, 6.45) is 3.82. The van der Waals surface area contributed by atoms with E-state index < -0.39 is 0 Å². The molecule has 0 saturated carbocycles. The minimum atomic E-state index is 0.108. The molecule has 60 valence electrons. The van der Waals surface area contributed by atoms with Gasteiger partial charge in [0.25, 0.3) is 0 Å². The number of hydrogen-bond donors (Lipinski definition) is 0. The first kappa shape index (κ1) is 8.46. The molecule has 2 heteroatoms. The molecular weight excluding hydrogens is 150 g/mol. The summed E-state index contributed by atoms with van der Waals surface area (Å²) in [5.74, 6) is 0. The van der Waals surface area contributed by atoms with E-state index in [0.29, 0.717) is 0 Å². The Morgan fingerprint density at radius 2 is 2.36 bits per heavy atom. The van der Waals surface area contributed by atoms with E-state index in [-0.39, 0.29) is 9.52 Å². The summed E-state index contributed by atoms with van der Waals surface area (Å²) in [4.78, 5) is 4.08. The van der Waals surface area contributed by atoms with Crippen LogP contribution >= 0.6 is 0 Å². The molecule has 0 spiro atoms. The SMILES string of the molecule is CC(C)[SiH2]Cc1cccnc1. The summed E-state index contributed by atoms with van der Waals surface area (Å²) in [5, 5.41) is 0. The van der Waals surface area contributed by atoms with Crippen LogP contribution in [0, 0.1) is 0 Å². The van der Waals surface area contributed by atoms with Gasteiger partial charge in [-0.25, -0.2) is 0 Å². The van der Waals surface area contributed by atoms with Crippen LogP contribution in [0.3, 0.4) is 0 Å². The number of hydrogen-bond acceptors (Lipinski definition) is 1. The third-order valence-electron chi connectivity index (χ3n) is 1.73. The zero-order valence-electron chi connectivity index (χ0n) is 7.25. The topological polar surface area (TPSA) is 12.9 Å². The van der Waals surface area contributed by atoms with Gasteiger partial charge >= 0.3 is 0 Å². The maximum atomic E-state index is 4.08. The molecule has 0 saturated heterocycles. The normalized spacial score (nSPS) is 11.5. The highest BCUT2D eigenvalue weighted by molar-refractivity contribution is 6.36. The van der Waals surface area contributed by atoms with Gasteiger partial charge in [-0.1, -0.05) is 25.5 Å². The number of nitrogens with zero attached hydrogens (tertiary/aromatic N) is 1. The van der Waals surface area contributed by atoms with E-state index in [1.165, 1.54) is 11.6 Å². The Kier molecular flexibility index (Phi) is 3.30. The van der Waals surface area contributed by atoms with Crippen LogP contribution in [0.1, 0.15) is 19.4 Å². The molecule has 1 rings (SSSR count). The Balaban J connectivity index is 2.39. The van der Waals surface area contributed by atoms with Crippen molar-refractivity contribution in [1.29, 1.82) is 0 Å². The van der Waals surface area contributed by atoms with Crippen LogP contribution in [0.2, 0.25) is 5.54 Å². The Morgan fingerprint density at radius 1 is 1.55 bits per heavy atom. The van der Waals surface area contributed by atoms with Gasteiger partial charge in [0, 0.05) is 21.9 Å². The van der Waals surface area contributed by atoms with Crippen molar-refractivity contribution in [3.8, 4) is 0 Å². The number of aromatic nitrogens is 1. The fourth-order valence-electron chi connectivity index (χ4n) is 1.00. The highest BCUT2D eigenvalue weighted by Gasteiger charge is 1.96. The molecular formula is C9H15NSi. The van der Waals surface area contributed by atoms with Gasteiger partial charge in [0.15, 0.2) is 0 Å². The molecule has 0 fully saturated rings. The van der Waals surface area contributed by atoms with Crippen LogP contribution in [0.15, 0.2) is 24.5 Å². The molecule has 0 radical (unpaired) electrons. The molecule has 0 aliphatic rings. The Bertz CT molecular complexity index is 196. The number of rotatable bonds is 3. The standard InChI is InChI=1S/C9H15NSi/c1-8(2)11-7-9-4-3-5-10-6-9/h3-6,8H,7,11H2,1-2H3. The third kappa shape index (κ3) is 3.32. The van der Waals surface area contributed by atoms with Gasteiger partial charge in [0.2, 0.25) is 0 Å². The Morgan fingerprint density at radius 3 is 2.91 bits per heavy atom. The molecule has 0 aliphatic carbocycles. The second-order valence-corrected chi connectivity index (χ2v) is 6.00. The van der Waals surface area contributed by atoms with Crippen molar-refractivity contribution < 1.29 is 0 Å². The van der Waals surface area contributed by atoms with Crippen LogP contribution in [-0.4, -0.2) is 14.5 Å². The van der Waals surface area contributed by atoms with Gasteiger partial charge in [0.1, 0.15) is 0 Å². The van der Waals surface area contributed by atoms with Crippen molar-refractivity contribution >= 4 is 9.52 Å². The zero-order valence-corrected chi connectivity index (χ0v) is 8.66. The van der Waals surface area contributed by atoms with Crippen LogP contribution in [0.25, 0.3) is 0 Å². The van der Waals surface area contributed by atoms with Gasteiger partial charge in [-0.2, -0.15) is 0 Å². The van der Waals surface area contributed by atoms with Crippen molar-refractivity contribution in [3.63, 3.8) is 0 Å². The fraction of sp³-hybridized carbons (Fsp3) is 0.444. The van der Waals surface area contributed by atoms with E-state index in [9.17, 15) is 0 Å². The molecule has 0 N–H and O–H groups in total. The van der Waals surface area contributed by atoms with Gasteiger partial charge in [-0.05, 0) is 17.7 Å². The molecule has 0 amide bonds. The first-order valence-electron chi connectivity index (χ1n) is 4.18. The summed E-state index contributed by atoms with van der Waals surface area (Å²) in [6, 6.07) is 5.48. The molecule has 0 atom stereocenters. The van der Waals surface area contributed by atoms with E-state index >= 15 is 0 Å². The van der Waals surface area contributed by atoms with Crippen molar-refractivity contribution in [2.45, 2.75) is 25.4 Å². The summed E-state index contributed by atoms with van der Waals surface area (Å²) in [7, 11) is 0.108. The lowest BCUT2D eigenvalue weighted by atomic mass is 10.3. The second-order valence-electron chi connectivity index (χ2n) is 3.29. The van der Waals surface area contributed by atoms with Crippen LogP contribution in [0.4, 0.5) is 0 Å². The predicted octanol–water partition coefficient (Wildman–Crippen LogP) is 1.58. The minimum Gasteiger partial charge on any atom is -0.264 e. The summed E-state index contributed by atoms with van der Waals surface area (Å²) in [6.45, 7) is 4.62. The first-order chi connectivity index (χ1) is 5.29. The van der Waals surface area contributed by atoms with Crippen molar-refractivity contribution in [1.82, 2.24) is 4.98 Å². The molecule has 0 aliphatic heterocycles. The summed E-state index contributed by atoms with van der Waals surface area (Å²) in [5.41, 5.74) is 2.34. The van der Waals surface area contributed by atoms with Gasteiger partial charge < -0.3 is 0 Å². The van der Waals surface area contributed by atoms with Crippen LogP contribution < -0.4 is 0 Å². The summed E-state index contributed by atoms with van der Waals surface area (Å²) < 4.78 is 0. The van der Waals surface area contributed by atoms with Crippen molar-refractivity contribution in [2.75, 3.05) is 0 Å². The smallest absolute Gasteiger partial charge is 0.0296 e. The lowest BCUT2D eigenvalue weighted by Crippen LogP contribution is -2.00. The average molecular weight is 165 g/mol. The monoisotopic (exact) mass is 165 g/mol. The zero-order chi connectivity index (χ0) is 8.10. The Labute approximate surface area is 70.7 Å². The van der Waals surface area contributed by atoms with E-state index in [4.69, 9.17) is 0 Å². The number of pyridine rings is 1. The van der Waals surface area contributed by atoms with E-state index in [1.54, 1.807) is 0 Å². The van der Waals surface area contributed by atoms with E-state index in [2.05, 4.69) is 24.9 Å². The largest absolute Gasteiger partial charge is 0.264 e. The van der Waals surface area contributed by atoms with Crippen molar-refractivity contribution in [2.24, 2.45) is 0 Å². The molecule has 1 aromatic heterocycles. The average Bonchev–Trinajstić information content (AvgIpc) is 2.03. The first-order valence-corrected chi connectivity index (χ1v) is 5.99. The molecule has 11 heavy (non-hydrogen) atoms. The molecule has 1 aromatic rings. The van der Waals surface area contributed by atoms with E-state index in [0.717, 1.165) is 5.54 Å².